The predicted molar refractivity (Wildman–Crippen MR) is 79.0 cm³/mol. The first kappa shape index (κ1) is 13.8. The van der Waals surface area contributed by atoms with Crippen molar-refractivity contribution in [1.82, 2.24) is 4.57 Å². The molecule has 0 radical (unpaired) electrons. The second-order valence-corrected chi connectivity index (χ2v) is 5.19. The molecule has 0 unspecified atom stereocenters. The van der Waals surface area contributed by atoms with E-state index in [0.29, 0.717) is 13.1 Å². The van der Waals surface area contributed by atoms with Crippen LogP contribution >= 0.6 is 11.3 Å². The minimum Gasteiger partial charge on any atom is -0.496 e. The van der Waals surface area contributed by atoms with Crippen LogP contribution in [0, 0.1) is 6.92 Å². The molecule has 102 valence electrons. The average molecular weight is 278 g/mol. The van der Waals surface area contributed by atoms with E-state index in [9.17, 15) is 4.79 Å². The summed E-state index contributed by atoms with van der Waals surface area (Å²) >= 11 is 1.23. The van der Waals surface area contributed by atoms with Gasteiger partial charge < -0.3 is 10.5 Å². The Hall–Kier alpha value is -1.59. The lowest BCUT2D eigenvalue weighted by Crippen LogP contribution is -2.16. The van der Waals surface area contributed by atoms with Crippen molar-refractivity contribution in [2.75, 3.05) is 13.7 Å². The standard InChI is InChI=1S/C14H18N2O2S/c1-10-8-11(4-5-13(10)18-2)12-9-19-14(17)16(12)7-3-6-15/h4-5,8-9H,3,6-7,15H2,1-2H3. The first-order chi connectivity index (χ1) is 9.17. The number of thiazole rings is 1. The molecule has 0 fully saturated rings. The molecule has 5 heteroatoms. The molecular formula is C14H18N2O2S. The number of hydrogen-bond acceptors (Lipinski definition) is 4. The summed E-state index contributed by atoms with van der Waals surface area (Å²) in [4.78, 5) is 11.9. The van der Waals surface area contributed by atoms with Gasteiger partial charge in [0.1, 0.15) is 5.75 Å². The number of benzene rings is 1. The highest BCUT2D eigenvalue weighted by Crippen LogP contribution is 2.26. The van der Waals surface area contributed by atoms with Gasteiger partial charge in [-0.25, -0.2) is 0 Å². The molecule has 1 aromatic carbocycles. The van der Waals surface area contributed by atoms with Crippen LogP contribution in [-0.4, -0.2) is 18.2 Å². The monoisotopic (exact) mass is 278 g/mol. The van der Waals surface area contributed by atoms with Gasteiger partial charge in [-0.15, -0.1) is 0 Å². The third-order valence-corrected chi connectivity index (χ3v) is 3.82. The Morgan fingerprint density at radius 2 is 2.21 bits per heavy atom. The van der Waals surface area contributed by atoms with Gasteiger partial charge in [0, 0.05) is 11.9 Å². The van der Waals surface area contributed by atoms with Gasteiger partial charge in [-0.2, -0.15) is 0 Å². The number of nitrogens with two attached hydrogens (primary N) is 1. The highest BCUT2D eigenvalue weighted by atomic mass is 32.1. The van der Waals surface area contributed by atoms with Crippen LogP contribution in [0.4, 0.5) is 0 Å². The first-order valence-electron chi connectivity index (χ1n) is 6.20. The fourth-order valence-electron chi connectivity index (χ4n) is 2.05. The quantitative estimate of drug-likeness (QED) is 0.912. The van der Waals surface area contributed by atoms with Crippen molar-refractivity contribution in [3.63, 3.8) is 0 Å². The highest BCUT2D eigenvalue weighted by Gasteiger charge is 2.10. The van der Waals surface area contributed by atoms with E-state index in [0.717, 1.165) is 29.0 Å². The Morgan fingerprint density at radius 1 is 1.42 bits per heavy atom. The summed E-state index contributed by atoms with van der Waals surface area (Å²) in [6.45, 7) is 3.25. The van der Waals surface area contributed by atoms with E-state index in [4.69, 9.17) is 10.5 Å². The smallest absolute Gasteiger partial charge is 0.307 e. The molecular weight excluding hydrogens is 260 g/mol. The van der Waals surface area contributed by atoms with E-state index in [1.807, 2.05) is 30.5 Å². The van der Waals surface area contributed by atoms with Gasteiger partial charge in [0.05, 0.1) is 12.8 Å². The van der Waals surface area contributed by atoms with Gasteiger partial charge in [0.15, 0.2) is 0 Å². The lowest BCUT2D eigenvalue weighted by atomic mass is 10.1. The Balaban J connectivity index is 2.41. The summed E-state index contributed by atoms with van der Waals surface area (Å²) in [5, 5.41) is 1.90. The molecule has 0 aliphatic carbocycles. The average Bonchev–Trinajstić information content (AvgIpc) is 2.77. The molecule has 19 heavy (non-hydrogen) atoms. The Kier molecular flexibility index (Phi) is 4.39. The molecule has 0 saturated heterocycles. The third kappa shape index (κ3) is 2.88. The Morgan fingerprint density at radius 3 is 2.84 bits per heavy atom. The zero-order valence-electron chi connectivity index (χ0n) is 11.2. The zero-order valence-corrected chi connectivity index (χ0v) is 12.0. The normalized spacial score (nSPS) is 10.7. The largest absolute Gasteiger partial charge is 0.496 e. The van der Waals surface area contributed by atoms with E-state index in [1.54, 1.807) is 11.7 Å². The third-order valence-electron chi connectivity index (χ3n) is 3.06. The Bertz CT molecular complexity index is 616. The molecule has 0 spiro atoms. The molecule has 2 rings (SSSR count). The van der Waals surface area contributed by atoms with Crippen LogP contribution in [0.5, 0.6) is 5.75 Å². The van der Waals surface area contributed by atoms with E-state index in [-0.39, 0.29) is 4.87 Å². The molecule has 0 aliphatic rings. The summed E-state index contributed by atoms with van der Waals surface area (Å²) in [7, 11) is 1.66. The lowest BCUT2D eigenvalue weighted by molar-refractivity contribution is 0.412. The maximum Gasteiger partial charge on any atom is 0.307 e. The number of hydrogen-bond donors (Lipinski definition) is 1. The predicted octanol–water partition coefficient (Wildman–Crippen LogP) is 2.24. The lowest BCUT2D eigenvalue weighted by Gasteiger charge is -2.10. The van der Waals surface area contributed by atoms with Gasteiger partial charge >= 0.3 is 4.87 Å². The number of ether oxygens (including phenoxy) is 1. The van der Waals surface area contributed by atoms with E-state index >= 15 is 0 Å². The van der Waals surface area contributed by atoms with Crippen LogP contribution in [0.1, 0.15) is 12.0 Å². The van der Waals surface area contributed by atoms with E-state index in [1.165, 1.54) is 11.3 Å². The van der Waals surface area contributed by atoms with Crippen molar-refractivity contribution in [3.8, 4) is 17.0 Å². The molecule has 0 saturated carbocycles. The van der Waals surface area contributed by atoms with Crippen molar-refractivity contribution in [2.45, 2.75) is 19.9 Å². The maximum absolute atomic E-state index is 11.8. The molecule has 0 aliphatic heterocycles. The minimum atomic E-state index is 0.0666. The topological polar surface area (TPSA) is 57.2 Å². The van der Waals surface area contributed by atoms with Crippen LogP contribution in [0.15, 0.2) is 28.4 Å². The summed E-state index contributed by atoms with van der Waals surface area (Å²) in [6.07, 6.45) is 0.804. The van der Waals surface area contributed by atoms with Crippen LogP contribution in [0.2, 0.25) is 0 Å². The number of nitrogens with zero attached hydrogens (tertiary/aromatic N) is 1. The van der Waals surface area contributed by atoms with Gasteiger partial charge in [-0.05, 0) is 49.2 Å². The van der Waals surface area contributed by atoms with E-state index in [2.05, 4.69) is 0 Å². The first-order valence-corrected chi connectivity index (χ1v) is 7.08. The number of aromatic nitrogens is 1. The SMILES string of the molecule is COc1ccc(-c2csc(=O)n2CCCN)cc1C. The van der Waals surface area contributed by atoms with Crippen molar-refractivity contribution in [3.05, 3.63) is 38.8 Å². The number of rotatable bonds is 5. The van der Waals surface area contributed by atoms with Crippen molar-refractivity contribution >= 4 is 11.3 Å². The molecule has 0 bridgehead atoms. The van der Waals surface area contributed by atoms with E-state index < -0.39 is 0 Å². The zero-order chi connectivity index (χ0) is 13.8. The Labute approximate surface area is 116 Å². The molecule has 1 heterocycles. The second kappa shape index (κ2) is 6.04. The number of aryl methyl sites for hydroxylation is 1. The minimum absolute atomic E-state index is 0.0666. The second-order valence-electron chi connectivity index (χ2n) is 4.37. The maximum atomic E-state index is 11.8. The number of methoxy groups -OCH3 is 1. The van der Waals surface area contributed by atoms with Crippen molar-refractivity contribution in [1.29, 1.82) is 0 Å². The van der Waals surface area contributed by atoms with Gasteiger partial charge in [-0.1, -0.05) is 11.3 Å². The fraction of sp³-hybridized carbons (Fsp3) is 0.357. The molecule has 0 amide bonds. The molecule has 0 atom stereocenters. The van der Waals surface area contributed by atoms with Crippen molar-refractivity contribution < 1.29 is 4.74 Å². The summed E-state index contributed by atoms with van der Waals surface area (Å²) in [6, 6.07) is 5.95. The molecule has 1 aromatic heterocycles. The molecule has 2 aromatic rings. The van der Waals surface area contributed by atoms with Crippen LogP contribution in [0.3, 0.4) is 0 Å². The van der Waals surface area contributed by atoms with Gasteiger partial charge in [-0.3, -0.25) is 9.36 Å². The van der Waals surface area contributed by atoms with Gasteiger partial charge in [0.2, 0.25) is 0 Å². The van der Waals surface area contributed by atoms with Crippen LogP contribution in [-0.2, 0) is 6.54 Å². The van der Waals surface area contributed by atoms with Crippen LogP contribution < -0.4 is 15.3 Å². The molecule has 4 nitrogen and oxygen atoms in total. The van der Waals surface area contributed by atoms with Crippen LogP contribution in [0.25, 0.3) is 11.3 Å². The summed E-state index contributed by atoms with van der Waals surface area (Å²) in [5.74, 6) is 0.856. The summed E-state index contributed by atoms with van der Waals surface area (Å²) < 4.78 is 7.04. The highest BCUT2D eigenvalue weighted by molar-refractivity contribution is 7.07. The fourth-order valence-corrected chi connectivity index (χ4v) is 2.85. The van der Waals surface area contributed by atoms with Gasteiger partial charge in [0.25, 0.3) is 0 Å². The van der Waals surface area contributed by atoms with Crippen molar-refractivity contribution in [2.24, 2.45) is 5.73 Å². The molecule has 2 N–H and O–H groups in total. The summed E-state index contributed by atoms with van der Waals surface area (Å²) in [5.41, 5.74) is 8.57.